The molecule has 132 valence electrons. The molecule has 2 rings (SSSR count). The lowest BCUT2D eigenvalue weighted by atomic mass is 10.1. The molecular formula is C17H27N5O2. The van der Waals surface area contributed by atoms with Crippen molar-refractivity contribution < 1.29 is 4.79 Å². The summed E-state index contributed by atoms with van der Waals surface area (Å²) in [7, 11) is 0. The fourth-order valence-corrected chi connectivity index (χ4v) is 2.55. The predicted molar refractivity (Wildman–Crippen MR) is 94.0 cm³/mol. The van der Waals surface area contributed by atoms with Crippen molar-refractivity contribution >= 4 is 16.9 Å². The molecule has 24 heavy (non-hydrogen) atoms. The van der Waals surface area contributed by atoms with Gasteiger partial charge in [0, 0.05) is 18.5 Å². The highest BCUT2D eigenvalue weighted by Crippen LogP contribution is 2.18. The first kappa shape index (κ1) is 18.2. The van der Waals surface area contributed by atoms with Gasteiger partial charge >= 0.3 is 0 Å². The molecule has 2 heterocycles. The number of nitrogens with one attached hydrogen (secondary N) is 1. The summed E-state index contributed by atoms with van der Waals surface area (Å²) < 4.78 is 3.30. The van der Waals surface area contributed by atoms with E-state index < -0.39 is 0 Å². The van der Waals surface area contributed by atoms with Crippen LogP contribution >= 0.6 is 0 Å². The van der Waals surface area contributed by atoms with Crippen LogP contribution in [0.5, 0.6) is 0 Å². The van der Waals surface area contributed by atoms with Crippen LogP contribution in [0.1, 0.15) is 53.8 Å². The van der Waals surface area contributed by atoms with Gasteiger partial charge in [-0.25, -0.2) is 9.67 Å². The molecule has 0 unspecified atom stereocenters. The smallest absolute Gasteiger partial charge is 0.264 e. The van der Waals surface area contributed by atoms with E-state index in [1.165, 1.54) is 0 Å². The minimum absolute atomic E-state index is 0.0840. The number of rotatable bonds is 3. The summed E-state index contributed by atoms with van der Waals surface area (Å²) >= 11 is 0. The van der Waals surface area contributed by atoms with Crippen LogP contribution in [0.2, 0.25) is 0 Å². The van der Waals surface area contributed by atoms with Crippen LogP contribution in [0, 0.1) is 6.92 Å². The van der Waals surface area contributed by atoms with Crippen LogP contribution in [0.15, 0.2) is 11.0 Å². The molecule has 0 aliphatic heterocycles. The molecule has 0 radical (unpaired) electrons. The normalized spacial score (nSPS) is 12.6. The van der Waals surface area contributed by atoms with Crippen LogP contribution in [0.3, 0.4) is 0 Å². The lowest BCUT2D eigenvalue weighted by molar-refractivity contribution is -0.122. The number of amides is 1. The molecule has 0 aliphatic carbocycles. The summed E-state index contributed by atoms with van der Waals surface area (Å²) in [6, 6.07) is 0. The van der Waals surface area contributed by atoms with E-state index in [0.717, 1.165) is 0 Å². The predicted octanol–water partition coefficient (Wildman–Crippen LogP) is 1.96. The van der Waals surface area contributed by atoms with Gasteiger partial charge in [0.15, 0.2) is 5.65 Å². The van der Waals surface area contributed by atoms with Gasteiger partial charge in [0.1, 0.15) is 11.2 Å². The first-order chi connectivity index (χ1) is 10.9. The Kier molecular flexibility index (Phi) is 4.57. The number of carbonyl (C=O) groups is 1. The Morgan fingerprint density at radius 1 is 1.21 bits per heavy atom. The van der Waals surface area contributed by atoms with Crippen LogP contribution in [0.25, 0.3) is 11.0 Å². The van der Waals surface area contributed by atoms with Crippen molar-refractivity contribution in [2.75, 3.05) is 0 Å². The molecule has 0 spiro atoms. The maximum atomic E-state index is 12.7. The SMILES string of the molecule is Cc1nc2c(cnn2C(C)(C)C)c(=O)n1CCC(=O)NC(C)(C)C. The number of aryl methyl sites for hydroxylation is 1. The van der Waals surface area contributed by atoms with Crippen molar-refractivity contribution in [3.05, 3.63) is 22.4 Å². The number of nitrogens with zero attached hydrogens (tertiary/aromatic N) is 4. The Morgan fingerprint density at radius 2 is 1.83 bits per heavy atom. The summed E-state index contributed by atoms with van der Waals surface area (Å²) in [5, 5.41) is 7.69. The average Bonchev–Trinajstić information content (AvgIpc) is 2.79. The summed E-state index contributed by atoms with van der Waals surface area (Å²) in [6.07, 6.45) is 1.79. The van der Waals surface area contributed by atoms with E-state index in [4.69, 9.17) is 0 Å². The van der Waals surface area contributed by atoms with Gasteiger partial charge < -0.3 is 5.32 Å². The first-order valence-corrected chi connectivity index (χ1v) is 8.17. The zero-order valence-electron chi connectivity index (χ0n) is 15.6. The molecule has 0 aliphatic rings. The third-order valence-electron chi connectivity index (χ3n) is 3.59. The highest BCUT2D eigenvalue weighted by molar-refractivity contribution is 5.77. The molecule has 0 saturated carbocycles. The van der Waals surface area contributed by atoms with Crippen LogP contribution in [-0.2, 0) is 16.9 Å². The number of hydrogen-bond acceptors (Lipinski definition) is 4. The summed E-state index contributed by atoms with van der Waals surface area (Å²) in [5.41, 5.74) is -0.114. The van der Waals surface area contributed by atoms with Crippen LogP contribution in [-0.4, -0.2) is 30.8 Å². The minimum Gasteiger partial charge on any atom is -0.351 e. The second-order valence-electron chi connectivity index (χ2n) is 8.13. The fourth-order valence-electron chi connectivity index (χ4n) is 2.55. The van der Waals surface area contributed by atoms with Gasteiger partial charge in [-0.2, -0.15) is 5.10 Å². The molecule has 0 fully saturated rings. The Morgan fingerprint density at radius 3 is 2.38 bits per heavy atom. The van der Waals surface area contributed by atoms with Gasteiger partial charge in [-0.15, -0.1) is 0 Å². The standard InChI is InChI=1S/C17H27N5O2/c1-11-19-14-12(10-18-22(14)17(5,6)7)15(24)21(11)9-8-13(23)20-16(2,3)4/h10H,8-9H2,1-7H3,(H,20,23). The lowest BCUT2D eigenvalue weighted by Gasteiger charge is -2.21. The Hall–Kier alpha value is -2.18. The Balaban J connectivity index is 2.33. The molecule has 1 N–H and O–H groups in total. The van der Waals surface area contributed by atoms with Gasteiger partial charge in [0.25, 0.3) is 5.56 Å². The Labute approximate surface area is 142 Å². The zero-order chi connectivity index (χ0) is 18.3. The summed E-state index contributed by atoms with van der Waals surface area (Å²) in [5.74, 6) is 0.501. The van der Waals surface area contributed by atoms with Gasteiger partial charge in [0.05, 0.1) is 11.7 Å². The summed E-state index contributed by atoms with van der Waals surface area (Å²) in [6.45, 7) is 13.9. The highest BCUT2D eigenvalue weighted by Gasteiger charge is 2.21. The molecular weight excluding hydrogens is 306 g/mol. The first-order valence-electron chi connectivity index (χ1n) is 8.17. The summed E-state index contributed by atoms with van der Waals surface area (Å²) in [4.78, 5) is 29.3. The Bertz CT molecular complexity index is 818. The average molecular weight is 333 g/mol. The van der Waals surface area contributed by atoms with E-state index in [2.05, 4.69) is 15.4 Å². The van der Waals surface area contributed by atoms with Crippen molar-refractivity contribution in [3.8, 4) is 0 Å². The molecule has 0 atom stereocenters. The maximum Gasteiger partial charge on any atom is 0.264 e. The third kappa shape index (κ3) is 3.83. The van der Waals surface area contributed by atoms with Crippen molar-refractivity contribution in [3.63, 3.8) is 0 Å². The topological polar surface area (TPSA) is 81.8 Å². The maximum absolute atomic E-state index is 12.7. The van der Waals surface area contributed by atoms with Crippen molar-refractivity contribution in [2.24, 2.45) is 0 Å². The van der Waals surface area contributed by atoms with Crippen molar-refractivity contribution in [1.82, 2.24) is 24.6 Å². The van der Waals surface area contributed by atoms with Gasteiger partial charge in [-0.3, -0.25) is 14.2 Å². The lowest BCUT2D eigenvalue weighted by Crippen LogP contribution is -2.41. The third-order valence-corrected chi connectivity index (χ3v) is 3.59. The molecule has 0 bridgehead atoms. The van der Waals surface area contributed by atoms with E-state index in [0.29, 0.717) is 23.4 Å². The molecule has 2 aromatic heterocycles. The minimum atomic E-state index is -0.285. The quantitative estimate of drug-likeness (QED) is 0.931. The molecule has 2 aromatic rings. The van der Waals surface area contributed by atoms with Gasteiger partial charge in [-0.05, 0) is 48.5 Å². The number of aromatic nitrogens is 4. The van der Waals surface area contributed by atoms with E-state index >= 15 is 0 Å². The second kappa shape index (κ2) is 6.03. The van der Waals surface area contributed by atoms with Crippen LogP contribution < -0.4 is 10.9 Å². The van der Waals surface area contributed by atoms with E-state index in [-0.39, 0.29) is 29.0 Å². The number of fused-ring (bicyclic) bond motifs is 1. The van der Waals surface area contributed by atoms with Crippen molar-refractivity contribution in [2.45, 2.75) is 72.5 Å². The van der Waals surface area contributed by atoms with Crippen LogP contribution in [0.4, 0.5) is 0 Å². The van der Waals surface area contributed by atoms with E-state index in [1.54, 1.807) is 22.4 Å². The largest absolute Gasteiger partial charge is 0.351 e. The zero-order valence-corrected chi connectivity index (χ0v) is 15.6. The highest BCUT2D eigenvalue weighted by atomic mass is 16.2. The molecule has 0 aromatic carbocycles. The van der Waals surface area contributed by atoms with Crippen molar-refractivity contribution in [1.29, 1.82) is 0 Å². The van der Waals surface area contributed by atoms with Gasteiger partial charge in [-0.1, -0.05) is 0 Å². The second-order valence-corrected chi connectivity index (χ2v) is 8.13. The van der Waals surface area contributed by atoms with Gasteiger partial charge in [0.2, 0.25) is 5.91 Å². The number of hydrogen-bond donors (Lipinski definition) is 1. The monoisotopic (exact) mass is 333 g/mol. The molecule has 1 amide bonds. The number of carbonyl (C=O) groups excluding carboxylic acids is 1. The molecule has 0 saturated heterocycles. The molecule has 7 heteroatoms. The van der Waals surface area contributed by atoms with E-state index in [1.807, 2.05) is 41.5 Å². The molecule has 7 nitrogen and oxygen atoms in total. The fraction of sp³-hybridized carbons (Fsp3) is 0.647. The van der Waals surface area contributed by atoms with E-state index in [9.17, 15) is 9.59 Å².